The van der Waals surface area contributed by atoms with Crippen LogP contribution in [0.4, 0.5) is 0 Å². The molecule has 0 radical (unpaired) electrons. The summed E-state index contributed by atoms with van der Waals surface area (Å²) in [7, 11) is 1.85. The summed E-state index contributed by atoms with van der Waals surface area (Å²) in [6.07, 6.45) is 2.92. The Labute approximate surface area is 92.5 Å². The van der Waals surface area contributed by atoms with Crippen molar-refractivity contribution >= 4 is 5.91 Å². The Morgan fingerprint density at radius 1 is 1.60 bits per heavy atom. The van der Waals surface area contributed by atoms with Crippen LogP contribution in [-0.2, 0) is 4.79 Å². The Balaban J connectivity index is 2.19. The molecule has 1 N–H and O–H groups in total. The molecule has 1 unspecified atom stereocenters. The zero-order chi connectivity index (χ0) is 11.3. The van der Waals surface area contributed by atoms with Crippen LogP contribution in [0.1, 0.15) is 26.2 Å². The first-order valence-corrected chi connectivity index (χ1v) is 5.68. The lowest BCUT2D eigenvalue weighted by atomic mass is 10.0. The highest BCUT2D eigenvalue weighted by Crippen LogP contribution is 2.14. The molecule has 0 aliphatic carbocycles. The van der Waals surface area contributed by atoms with Crippen LogP contribution in [0.3, 0.4) is 0 Å². The molecular weight excluding hydrogens is 188 g/mol. The second-order valence-electron chi connectivity index (χ2n) is 4.60. The highest BCUT2D eigenvalue weighted by Gasteiger charge is 2.17. The third-order valence-corrected chi connectivity index (χ3v) is 2.86. The summed E-state index contributed by atoms with van der Waals surface area (Å²) in [6.45, 7) is 8.63. The monoisotopic (exact) mass is 210 g/mol. The molecule has 1 aliphatic heterocycles. The van der Waals surface area contributed by atoms with Crippen LogP contribution in [0.15, 0.2) is 12.2 Å². The number of hydrogen-bond acceptors (Lipinski definition) is 2. The van der Waals surface area contributed by atoms with E-state index >= 15 is 0 Å². The number of carbonyl (C=O) groups excluding carboxylic acids is 1. The Kier molecular flexibility index (Phi) is 4.82. The van der Waals surface area contributed by atoms with Crippen molar-refractivity contribution in [2.24, 2.45) is 5.92 Å². The smallest absolute Gasteiger partial charge is 0.222 e. The summed E-state index contributed by atoms with van der Waals surface area (Å²) in [4.78, 5) is 13.5. The molecule has 1 aliphatic rings. The molecule has 86 valence electrons. The van der Waals surface area contributed by atoms with Gasteiger partial charge in [0.05, 0.1) is 0 Å². The number of amides is 1. The maximum atomic E-state index is 11.7. The Morgan fingerprint density at radius 3 is 2.87 bits per heavy atom. The second kappa shape index (κ2) is 5.91. The molecular formula is C12H22N2O. The fourth-order valence-electron chi connectivity index (χ4n) is 1.97. The molecule has 0 saturated carbocycles. The van der Waals surface area contributed by atoms with Crippen molar-refractivity contribution in [3.63, 3.8) is 0 Å². The van der Waals surface area contributed by atoms with Crippen molar-refractivity contribution in [3.05, 3.63) is 12.2 Å². The lowest BCUT2D eigenvalue weighted by molar-refractivity contribution is -0.129. The fraction of sp³-hybridized carbons (Fsp3) is 0.750. The average Bonchev–Trinajstić information content (AvgIpc) is 2.65. The molecule has 1 atom stereocenters. The quantitative estimate of drug-likeness (QED) is 0.696. The van der Waals surface area contributed by atoms with Crippen molar-refractivity contribution in [3.8, 4) is 0 Å². The van der Waals surface area contributed by atoms with Gasteiger partial charge in [-0.2, -0.15) is 0 Å². The van der Waals surface area contributed by atoms with E-state index in [4.69, 9.17) is 0 Å². The van der Waals surface area contributed by atoms with E-state index in [1.807, 2.05) is 14.0 Å². The van der Waals surface area contributed by atoms with E-state index in [2.05, 4.69) is 11.9 Å². The molecule has 1 rings (SSSR count). The van der Waals surface area contributed by atoms with E-state index in [0.717, 1.165) is 25.1 Å². The molecule has 1 heterocycles. The van der Waals surface area contributed by atoms with E-state index in [1.165, 1.54) is 6.42 Å². The van der Waals surface area contributed by atoms with Gasteiger partial charge in [0, 0.05) is 20.0 Å². The maximum Gasteiger partial charge on any atom is 0.222 e. The van der Waals surface area contributed by atoms with Gasteiger partial charge in [-0.15, -0.1) is 0 Å². The van der Waals surface area contributed by atoms with E-state index < -0.39 is 0 Å². The van der Waals surface area contributed by atoms with Crippen LogP contribution in [0.5, 0.6) is 0 Å². The molecule has 0 spiro atoms. The molecule has 0 aromatic rings. The first-order chi connectivity index (χ1) is 7.09. The molecule has 1 fully saturated rings. The van der Waals surface area contributed by atoms with Crippen molar-refractivity contribution in [1.82, 2.24) is 10.2 Å². The highest BCUT2D eigenvalue weighted by atomic mass is 16.2. The Morgan fingerprint density at radius 2 is 2.33 bits per heavy atom. The van der Waals surface area contributed by atoms with Gasteiger partial charge in [0.2, 0.25) is 5.91 Å². The zero-order valence-corrected chi connectivity index (χ0v) is 9.88. The SMILES string of the molecule is C=C(C)CN(C)C(=O)CCC1CCNC1. The van der Waals surface area contributed by atoms with E-state index in [0.29, 0.717) is 18.9 Å². The fourth-order valence-corrected chi connectivity index (χ4v) is 1.97. The van der Waals surface area contributed by atoms with Crippen LogP contribution in [-0.4, -0.2) is 37.5 Å². The number of nitrogens with zero attached hydrogens (tertiary/aromatic N) is 1. The van der Waals surface area contributed by atoms with Crippen LogP contribution in [0, 0.1) is 5.92 Å². The summed E-state index contributed by atoms with van der Waals surface area (Å²) < 4.78 is 0. The van der Waals surface area contributed by atoms with Gasteiger partial charge in [0.1, 0.15) is 0 Å². The summed E-state index contributed by atoms with van der Waals surface area (Å²) in [5.41, 5.74) is 1.04. The second-order valence-corrected chi connectivity index (χ2v) is 4.60. The number of likely N-dealkylation sites (N-methyl/N-ethyl adjacent to an activating group) is 1. The number of carbonyl (C=O) groups is 1. The highest BCUT2D eigenvalue weighted by molar-refractivity contribution is 5.76. The maximum absolute atomic E-state index is 11.7. The number of rotatable bonds is 5. The summed E-state index contributed by atoms with van der Waals surface area (Å²) in [5, 5.41) is 3.32. The summed E-state index contributed by atoms with van der Waals surface area (Å²) in [6, 6.07) is 0. The van der Waals surface area contributed by atoms with Crippen molar-refractivity contribution in [2.45, 2.75) is 26.2 Å². The summed E-state index contributed by atoms with van der Waals surface area (Å²) >= 11 is 0. The van der Waals surface area contributed by atoms with Gasteiger partial charge in [0.25, 0.3) is 0 Å². The Bertz CT molecular complexity index is 232. The minimum absolute atomic E-state index is 0.241. The molecule has 0 aromatic carbocycles. The van der Waals surface area contributed by atoms with E-state index in [1.54, 1.807) is 4.90 Å². The van der Waals surface area contributed by atoms with Crippen LogP contribution < -0.4 is 5.32 Å². The average molecular weight is 210 g/mol. The zero-order valence-electron chi connectivity index (χ0n) is 9.88. The van der Waals surface area contributed by atoms with Gasteiger partial charge in [-0.3, -0.25) is 4.79 Å². The number of nitrogens with one attached hydrogen (secondary N) is 1. The largest absolute Gasteiger partial charge is 0.342 e. The van der Waals surface area contributed by atoms with E-state index in [-0.39, 0.29) is 5.91 Å². The molecule has 0 aromatic heterocycles. The summed E-state index contributed by atoms with van der Waals surface area (Å²) in [5.74, 6) is 0.942. The first-order valence-electron chi connectivity index (χ1n) is 5.68. The van der Waals surface area contributed by atoms with Crippen molar-refractivity contribution < 1.29 is 4.79 Å². The van der Waals surface area contributed by atoms with Gasteiger partial charge < -0.3 is 10.2 Å². The molecule has 1 amide bonds. The van der Waals surface area contributed by atoms with Gasteiger partial charge in [-0.05, 0) is 38.8 Å². The predicted molar refractivity (Wildman–Crippen MR) is 62.7 cm³/mol. The topological polar surface area (TPSA) is 32.3 Å². The number of hydrogen-bond donors (Lipinski definition) is 1. The van der Waals surface area contributed by atoms with Gasteiger partial charge in [-0.25, -0.2) is 0 Å². The molecule has 0 bridgehead atoms. The standard InChI is InChI=1S/C12H22N2O/c1-10(2)9-14(3)12(15)5-4-11-6-7-13-8-11/h11,13H,1,4-9H2,2-3H3. The normalized spacial score (nSPS) is 20.3. The minimum atomic E-state index is 0.241. The van der Waals surface area contributed by atoms with Crippen LogP contribution >= 0.6 is 0 Å². The predicted octanol–water partition coefficient (Wildman–Crippen LogP) is 1.41. The van der Waals surface area contributed by atoms with Crippen molar-refractivity contribution in [1.29, 1.82) is 0 Å². The molecule has 1 saturated heterocycles. The molecule has 15 heavy (non-hydrogen) atoms. The van der Waals surface area contributed by atoms with Gasteiger partial charge in [-0.1, -0.05) is 12.2 Å². The van der Waals surface area contributed by atoms with E-state index in [9.17, 15) is 4.79 Å². The lowest BCUT2D eigenvalue weighted by Gasteiger charge is -2.18. The first kappa shape index (κ1) is 12.2. The van der Waals surface area contributed by atoms with Gasteiger partial charge in [0.15, 0.2) is 0 Å². The molecule has 3 heteroatoms. The molecule has 3 nitrogen and oxygen atoms in total. The van der Waals surface area contributed by atoms with Crippen molar-refractivity contribution in [2.75, 3.05) is 26.7 Å². The third kappa shape index (κ3) is 4.47. The van der Waals surface area contributed by atoms with Crippen LogP contribution in [0.2, 0.25) is 0 Å². The van der Waals surface area contributed by atoms with Crippen LogP contribution in [0.25, 0.3) is 0 Å². The van der Waals surface area contributed by atoms with Gasteiger partial charge >= 0.3 is 0 Å². The Hall–Kier alpha value is -0.830. The minimum Gasteiger partial charge on any atom is -0.342 e. The third-order valence-electron chi connectivity index (χ3n) is 2.86. The lowest BCUT2D eigenvalue weighted by Crippen LogP contribution is -2.28.